The van der Waals surface area contributed by atoms with E-state index in [0.29, 0.717) is 0 Å². The van der Waals surface area contributed by atoms with Crippen LogP contribution in [0.4, 0.5) is 0 Å². The number of unbranched alkanes of at least 4 members (excludes halogenated alkanes) is 1. The van der Waals surface area contributed by atoms with Gasteiger partial charge in [-0.1, -0.05) is 19.1 Å². The second-order valence-corrected chi connectivity index (χ2v) is 3.95. The molecule has 0 saturated heterocycles. The van der Waals surface area contributed by atoms with Crippen molar-refractivity contribution in [1.82, 2.24) is 5.32 Å². The van der Waals surface area contributed by atoms with Gasteiger partial charge in [0.05, 0.1) is 13.2 Å². The molecule has 1 aromatic rings. The average molecular weight is 237 g/mol. The molecule has 0 aromatic heterocycles. The maximum atomic E-state index is 5.73. The van der Waals surface area contributed by atoms with Crippen molar-refractivity contribution >= 4 is 0 Å². The Kier molecular flexibility index (Phi) is 7.23. The van der Waals surface area contributed by atoms with Crippen molar-refractivity contribution in [2.75, 3.05) is 26.8 Å². The second kappa shape index (κ2) is 8.88. The third-order valence-corrected chi connectivity index (χ3v) is 2.39. The van der Waals surface area contributed by atoms with Crippen molar-refractivity contribution in [2.45, 2.75) is 26.2 Å². The third kappa shape index (κ3) is 5.59. The Labute approximate surface area is 104 Å². The van der Waals surface area contributed by atoms with E-state index in [9.17, 15) is 0 Å². The summed E-state index contributed by atoms with van der Waals surface area (Å²) in [5.41, 5.74) is 0. The van der Waals surface area contributed by atoms with Crippen molar-refractivity contribution in [3.05, 3.63) is 24.3 Å². The normalized spacial score (nSPS) is 10.2. The van der Waals surface area contributed by atoms with Crippen LogP contribution in [-0.2, 0) is 0 Å². The number of ether oxygens (including phenoxy) is 2. The molecule has 1 aromatic carbocycles. The lowest BCUT2D eigenvalue weighted by Crippen LogP contribution is -2.09. The van der Waals surface area contributed by atoms with Gasteiger partial charge in [0.25, 0.3) is 0 Å². The SMILES string of the molecule is CCCOc1ccccc1OCCCCNC. The molecule has 0 spiro atoms. The van der Waals surface area contributed by atoms with Crippen LogP contribution < -0.4 is 14.8 Å². The lowest BCUT2D eigenvalue weighted by atomic mass is 10.3. The molecule has 0 radical (unpaired) electrons. The molecule has 0 amide bonds. The monoisotopic (exact) mass is 237 g/mol. The Bertz CT molecular complexity index is 302. The van der Waals surface area contributed by atoms with Gasteiger partial charge in [0.2, 0.25) is 0 Å². The zero-order chi connectivity index (χ0) is 12.3. The minimum atomic E-state index is 0.736. The maximum Gasteiger partial charge on any atom is 0.161 e. The van der Waals surface area contributed by atoms with E-state index in [0.717, 1.165) is 50.5 Å². The first-order chi connectivity index (χ1) is 8.38. The van der Waals surface area contributed by atoms with Gasteiger partial charge in [0.1, 0.15) is 0 Å². The van der Waals surface area contributed by atoms with Gasteiger partial charge in [-0.05, 0) is 45.0 Å². The first-order valence-electron chi connectivity index (χ1n) is 6.37. The molecule has 0 fully saturated rings. The summed E-state index contributed by atoms with van der Waals surface area (Å²) in [6.45, 7) is 4.62. The molecular formula is C14H23NO2. The van der Waals surface area contributed by atoms with Crippen LogP contribution in [0.2, 0.25) is 0 Å². The van der Waals surface area contributed by atoms with Gasteiger partial charge in [-0.2, -0.15) is 0 Å². The average Bonchev–Trinajstić information content (AvgIpc) is 2.37. The molecule has 1 rings (SSSR count). The first kappa shape index (κ1) is 13.8. The summed E-state index contributed by atoms with van der Waals surface area (Å²) in [6.07, 6.45) is 3.20. The van der Waals surface area contributed by atoms with E-state index < -0.39 is 0 Å². The van der Waals surface area contributed by atoms with E-state index in [4.69, 9.17) is 9.47 Å². The molecule has 1 N–H and O–H groups in total. The van der Waals surface area contributed by atoms with Crippen LogP contribution in [0.25, 0.3) is 0 Å². The van der Waals surface area contributed by atoms with Crippen molar-refractivity contribution in [3.63, 3.8) is 0 Å². The molecule has 0 aliphatic rings. The first-order valence-corrected chi connectivity index (χ1v) is 6.37. The van der Waals surface area contributed by atoms with E-state index in [-0.39, 0.29) is 0 Å². The quantitative estimate of drug-likeness (QED) is 0.670. The molecule has 3 heteroatoms. The fourth-order valence-electron chi connectivity index (χ4n) is 1.49. The summed E-state index contributed by atoms with van der Waals surface area (Å²) >= 11 is 0. The number of nitrogens with one attached hydrogen (secondary N) is 1. The molecule has 0 heterocycles. The minimum Gasteiger partial charge on any atom is -0.490 e. The smallest absolute Gasteiger partial charge is 0.161 e. The van der Waals surface area contributed by atoms with Crippen LogP contribution in [0.3, 0.4) is 0 Å². The number of hydrogen-bond acceptors (Lipinski definition) is 3. The zero-order valence-corrected chi connectivity index (χ0v) is 10.9. The lowest BCUT2D eigenvalue weighted by molar-refractivity contribution is 0.264. The standard InChI is InChI=1S/C14H23NO2/c1-3-11-16-13-8-4-5-9-14(13)17-12-7-6-10-15-2/h4-5,8-9,15H,3,6-7,10-12H2,1-2H3. The summed E-state index contributed by atoms with van der Waals surface area (Å²) in [7, 11) is 1.97. The molecule has 0 bridgehead atoms. The molecule has 3 nitrogen and oxygen atoms in total. The van der Waals surface area contributed by atoms with E-state index in [1.165, 1.54) is 0 Å². The number of benzene rings is 1. The highest BCUT2D eigenvalue weighted by atomic mass is 16.5. The Balaban J connectivity index is 2.35. The highest BCUT2D eigenvalue weighted by Gasteiger charge is 2.02. The van der Waals surface area contributed by atoms with Gasteiger partial charge in [-0.3, -0.25) is 0 Å². The third-order valence-electron chi connectivity index (χ3n) is 2.39. The second-order valence-electron chi connectivity index (χ2n) is 3.95. The Morgan fingerprint density at radius 1 is 1.00 bits per heavy atom. The predicted molar refractivity (Wildman–Crippen MR) is 70.9 cm³/mol. The van der Waals surface area contributed by atoms with Crippen molar-refractivity contribution < 1.29 is 9.47 Å². The van der Waals surface area contributed by atoms with Crippen molar-refractivity contribution in [3.8, 4) is 11.5 Å². The number of para-hydroxylation sites is 2. The van der Waals surface area contributed by atoms with E-state index in [1.54, 1.807) is 0 Å². The molecule has 0 saturated carbocycles. The fraction of sp³-hybridized carbons (Fsp3) is 0.571. The highest BCUT2D eigenvalue weighted by Crippen LogP contribution is 2.26. The number of rotatable bonds is 9. The van der Waals surface area contributed by atoms with Gasteiger partial charge in [0.15, 0.2) is 11.5 Å². The van der Waals surface area contributed by atoms with Gasteiger partial charge >= 0.3 is 0 Å². The summed E-state index contributed by atoms with van der Waals surface area (Å²) < 4.78 is 11.4. The predicted octanol–water partition coefficient (Wildman–Crippen LogP) is 2.85. The lowest BCUT2D eigenvalue weighted by Gasteiger charge is -2.11. The molecule has 0 atom stereocenters. The molecule has 0 unspecified atom stereocenters. The molecular weight excluding hydrogens is 214 g/mol. The van der Waals surface area contributed by atoms with Crippen LogP contribution in [0, 0.1) is 0 Å². The van der Waals surface area contributed by atoms with Gasteiger partial charge < -0.3 is 14.8 Å². The largest absolute Gasteiger partial charge is 0.490 e. The topological polar surface area (TPSA) is 30.5 Å². The summed E-state index contributed by atoms with van der Waals surface area (Å²) in [6, 6.07) is 7.86. The van der Waals surface area contributed by atoms with Crippen molar-refractivity contribution in [1.29, 1.82) is 0 Å². The van der Waals surface area contributed by atoms with Gasteiger partial charge in [-0.25, -0.2) is 0 Å². The highest BCUT2D eigenvalue weighted by molar-refractivity contribution is 5.39. The fourth-order valence-corrected chi connectivity index (χ4v) is 1.49. The molecule has 0 aliphatic carbocycles. The van der Waals surface area contributed by atoms with Crippen LogP contribution in [0.1, 0.15) is 26.2 Å². The summed E-state index contributed by atoms with van der Waals surface area (Å²) in [5, 5.41) is 3.13. The molecule has 96 valence electrons. The Morgan fingerprint density at radius 2 is 1.65 bits per heavy atom. The van der Waals surface area contributed by atoms with Crippen LogP contribution in [-0.4, -0.2) is 26.8 Å². The Hall–Kier alpha value is -1.22. The van der Waals surface area contributed by atoms with Crippen LogP contribution in [0.5, 0.6) is 11.5 Å². The van der Waals surface area contributed by atoms with E-state index in [1.807, 2.05) is 31.3 Å². The van der Waals surface area contributed by atoms with E-state index in [2.05, 4.69) is 12.2 Å². The van der Waals surface area contributed by atoms with Crippen molar-refractivity contribution in [2.24, 2.45) is 0 Å². The van der Waals surface area contributed by atoms with Gasteiger partial charge in [0, 0.05) is 0 Å². The summed E-state index contributed by atoms with van der Waals surface area (Å²) in [4.78, 5) is 0. The van der Waals surface area contributed by atoms with Gasteiger partial charge in [-0.15, -0.1) is 0 Å². The minimum absolute atomic E-state index is 0.736. The molecule has 17 heavy (non-hydrogen) atoms. The maximum absolute atomic E-state index is 5.73. The van der Waals surface area contributed by atoms with E-state index >= 15 is 0 Å². The van der Waals surface area contributed by atoms with Crippen LogP contribution >= 0.6 is 0 Å². The summed E-state index contributed by atoms with van der Waals surface area (Å²) in [5.74, 6) is 1.70. The van der Waals surface area contributed by atoms with Crippen LogP contribution in [0.15, 0.2) is 24.3 Å². The Morgan fingerprint density at radius 3 is 2.24 bits per heavy atom. The zero-order valence-electron chi connectivity index (χ0n) is 10.9. The number of hydrogen-bond donors (Lipinski definition) is 1. The molecule has 0 aliphatic heterocycles.